The molecule has 2 aromatic rings. The smallest absolute Gasteiger partial charge is 0.320 e. The van der Waals surface area contributed by atoms with Crippen LogP contribution >= 0.6 is 22.9 Å². The Kier molecular flexibility index (Phi) is 4.49. The first-order valence-electron chi connectivity index (χ1n) is 7.00. The number of aromatic nitrogens is 1. The molecule has 0 saturated carbocycles. The molecule has 1 atom stereocenters. The average Bonchev–Trinajstić information content (AvgIpc) is 2.97. The van der Waals surface area contributed by atoms with Gasteiger partial charge in [-0.3, -0.25) is 10.1 Å². The van der Waals surface area contributed by atoms with E-state index in [0.717, 1.165) is 5.56 Å². The van der Waals surface area contributed by atoms with Crippen molar-refractivity contribution in [2.24, 2.45) is 0 Å². The minimum absolute atomic E-state index is 0.128. The van der Waals surface area contributed by atoms with E-state index in [9.17, 15) is 9.59 Å². The third-order valence-electron chi connectivity index (χ3n) is 3.38. The highest BCUT2D eigenvalue weighted by Crippen LogP contribution is 2.37. The largest absolute Gasteiger partial charge is 0.492 e. The van der Waals surface area contributed by atoms with Crippen molar-refractivity contribution >= 4 is 40.6 Å². The first-order valence-corrected chi connectivity index (χ1v) is 8.25. The lowest BCUT2D eigenvalue weighted by Crippen LogP contribution is -2.35. The zero-order valence-electron chi connectivity index (χ0n) is 12.3. The molecular weight excluding hydrogens is 338 g/mol. The van der Waals surface area contributed by atoms with Crippen LogP contribution in [0.3, 0.4) is 0 Å². The Hall–Kier alpha value is -2.12. The van der Waals surface area contributed by atoms with Crippen molar-refractivity contribution in [1.29, 1.82) is 0 Å². The summed E-state index contributed by atoms with van der Waals surface area (Å²) in [5.41, 5.74) is 0.849. The van der Waals surface area contributed by atoms with E-state index < -0.39 is 0 Å². The molecule has 0 bridgehead atoms. The number of benzene rings is 1. The monoisotopic (exact) mass is 351 g/mol. The Balaban J connectivity index is 1.69. The van der Waals surface area contributed by atoms with Gasteiger partial charge in [-0.25, -0.2) is 9.78 Å². The van der Waals surface area contributed by atoms with Crippen LogP contribution in [0.4, 0.5) is 10.6 Å². The molecule has 0 fully saturated rings. The van der Waals surface area contributed by atoms with Crippen LogP contribution in [-0.4, -0.2) is 23.4 Å². The van der Waals surface area contributed by atoms with E-state index in [4.69, 9.17) is 16.3 Å². The van der Waals surface area contributed by atoms with E-state index in [0.29, 0.717) is 34.6 Å². The standard InChI is InChI=1S/C15H14ClN3O3S/c1-8(20)14-18-12(7-23-14)19-15(21)17-11-5-6-22-13-9(11)3-2-4-10(13)16/h2-4,7,11H,5-6H2,1H3,(H2,17,19,21)/t11-/m0/s1. The molecule has 23 heavy (non-hydrogen) atoms. The van der Waals surface area contributed by atoms with Crippen molar-refractivity contribution in [3.05, 3.63) is 39.2 Å². The van der Waals surface area contributed by atoms with Crippen molar-refractivity contribution < 1.29 is 14.3 Å². The number of urea groups is 1. The Labute approximate surface area is 141 Å². The number of carbonyl (C=O) groups excluding carboxylic acids is 2. The van der Waals surface area contributed by atoms with Crippen LogP contribution in [0.25, 0.3) is 0 Å². The van der Waals surface area contributed by atoms with Gasteiger partial charge in [-0.15, -0.1) is 11.3 Å². The summed E-state index contributed by atoms with van der Waals surface area (Å²) < 4.78 is 5.56. The predicted octanol–water partition coefficient (Wildman–Crippen LogP) is 3.64. The molecule has 0 unspecified atom stereocenters. The molecule has 1 aromatic heterocycles. The second-order valence-corrected chi connectivity index (χ2v) is 6.31. The van der Waals surface area contributed by atoms with Gasteiger partial charge in [-0.05, 0) is 6.07 Å². The Morgan fingerprint density at radius 1 is 1.43 bits per heavy atom. The molecule has 3 rings (SSSR count). The lowest BCUT2D eigenvalue weighted by Gasteiger charge is -2.27. The summed E-state index contributed by atoms with van der Waals surface area (Å²) in [5.74, 6) is 0.839. The number of rotatable bonds is 3. The van der Waals surface area contributed by atoms with Crippen LogP contribution in [0.1, 0.15) is 34.8 Å². The summed E-state index contributed by atoms with van der Waals surface area (Å²) in [6, 6.07) is 4.87. The van der Waals surface area contributed by atoms with E-state index in [1.807, 2.05) is 12.1 Å². The topological polar surface area (TPSA) is 80.3 Å². The summed E-state index contributed by atoms with van der Waals surface area (Å²) in [5, 5.41) is 8.04. The number of fused-ring (bicyclic) bond motifs is 1. The first kappa shape index (κ1) is 15.8. The summed E-state index contributed by atoms with van der Waals surface area (Å²) in [6.45, 7) is 1.91. The first-order chi connectivity index (χ1) is 11.0. The van der Waals surface area contributed by atoms with Gasteiger partial charge in [0.15, 0.2) is 10.8 Å². The summed E-state index contributed by atoms with van der Waals surface area (Å²) in [7, 11) is 0. The molecule has 1 aliphatic heterocycles. The van der Waals surface area contributed by atoms with Gasteiger partial charge in [0.05, 0.1) is 17.7 Å². The number of nitrogens with one attached hydrogen (secondary N) is 2. The molecule has 2 N–H and O–H groups in total. The van der Waals surface area contributed by atoms with Crippen LogP contribution in [0, 0.1) is 0 Å². The number of Topliss-reactive ketones (excluding diaryl/α,β-unsaturated/α-hetero) is 1. The normalized spacial score (nSPS) is 16.2. The molecule has 0 spiro atoms. The van der Waals surface area contributed by atoms with Gasteiger partial charge in [-0.2, -0.15) is 0 Å². The summed E-state index contributed by atoms with van der Waals surface area (Å²) in [6.07, 6.45) is 0.649. The van der Waals surface area contributed by atoms with Crippen LogP contribution < -0.4 is 15.4 Å². The van der Waals surface area contributed by atoms with Gasteiger partial charge < -0.3 is 10.1 Å². The van der Waals surface area contributed by atoms with Crippen molar-refractivity contribution in [1.82, 2.24) is 10.3 Å². The second kappa shape index (κ2) is 6.55. The Bertz CT molecular complexity index is 762. The highest BCUT2D eigenvalue weighted by molar-refractivity contribution is 7.12. The fraction of sp³-hybridized carbons (Fsp3) is 0.267. The van der Waals surface area contributed by atoms with Gasteiger partial charge in [-0.1, -0.05) is 23.7 Å². The number of ether oxygens (including phenoxy) is 1. The fourth-order valence-electron chi connectivity index (χ4n) is 2.34. The van der Waals surface area contributed by atoms with Gasteiger partial charge >= 0.3 is 6.03 Å². The predicted molar refractivity (Wildman–Crippen MR) is 88.6 cm³/mol. The minimum atomic E-state index is -0.386. The van der Waals surface area contributed by atoms with E-state index in [1.54, 1.807) is 11.4 Å². The van der Waals surface area contributed by atoms with E-state index in [1.165, 1.54) is 18.3 Å². The molecule has 0 saturated heterocycles. The van der Waals surface area contributed by atoms with E-state index >= 15 is 0 Å². The molecule has 2 amide bonds. The molecule has 1 aliphatic rings. The lowest BCUT2D eigenvalue weighted by molar-refractivity contribution is 0.101. The van der Waals surface area contributed by atoms with Crippen molar-refractivity contribution in [2.75, 3.05) is 11.9 Å². The Morgan fingerprint density at radius 2 is 2.26 bits per heavy atom. The average molecular weight is 352 g/mol. The summed E-state index contributed by atoms with van der Waals surface area (Å²) >= 11 is 7.31. The van der Waals surface area contributed by atoms with Crippen LogP contribution in [0.5, 0.6) is 5.75 Å². The zero-order chi connectivity index (χ0) is 16.4. The third-order valence-corrected chi connectivity index (χ3v) is 4.62. The number of anilines is 1. The summed E-state index contributed by atoms with van der Waals surface area (Å²) in [4.78, 5) is 27.4. The molecule has 0 aliphatic carbocycles. The highest BCUT2D eigenvalue weighted by atomic mass is 35.5. The second-order valence-electron chi connectivity index (χ2n) is 5.04. The fourth-order valence-corrected chi connectivity index (χ4v) is 3.23. The third kappa shape index (κ3) is 3.46. The maximum atomic E-state index is 12.1. The maximum Gasteiger partial charge on any atom is 0.320 e. The van der Waals surface area contributed by atoms with Crippen LogP contribution in [0.2, 0.25) is 5.02 Å². The lowest BCUT2D eigenvalue weighted by atomic mass is 10.0. The number of para-hydroxylation sites is 1. The van der Waals surface area contributed by atoms with Gasteiger partial charge in [0.1, 0.15) is 11.6 Å². The quantitative estimate of drug-likeness (QED) is 0.827. The van der Waals surface area contributed by atoms with Crippen molar-refractivity contribution in [3.63, 3.8) is 0 Å². The Morgan fingerprint density at radius 3 is 3.00 bits per heavy atom. The van der Waals surface area contributed by atoms with Crippen molar-refractivity contribution in [2.45, 2.75) is 19.4 Å². The maximum absolute atomic E-state index is 12.1. The number of thiazole rings is 1. The van der Waals surface area contributed by atoms with Gasteiger partial charge in [0, 0.05) is 24.3 Å². The van der Waals surface area contributed by atoms with Crippen molar-refractivity contribution in [3.8, 4) is 5.75 Å². The molecule has 8 heteroatoms. The SMILES string of the molecule is CC(=O)c1nc(NC(=O)N[C@H]2CCOc3c(Cl)cccc32)cs1. The molecule has 1 aromatic carbocycles. The molecule has 6 nitrogen and oxygen atoms in total. The molecule has 0 radical (unpaired) electrons. The van der Waals surface area contributed by atoms with E-state index in [2.05, 4.69) is 15.6 Å². The minimum Gasteiger partial charge on any atom is -0.492 e. The number of carbonyl (C=O) groups is 2. The van der Waals surface area contributed by atoms with E-state index in [-0.39, 0.29) is 17.9 Å². The number of hydrogen-bond donors (Lipinski definition) is 2. The highest BCUT2D eigenvalue weighted by Gasteiger charge is 2.24. The van der Waals surface area contributed by atoms with Crippen LogP contribution in [0.15, 0.2) is 23.6 Å². The molecule has 120 valence electrons. The number of ketones is 1. The number of halogens is 1. The number of amides is 2. The molecular formula is C15H14ClN3O3S. The van der Waals surface area contributed by atoms with Gasteiger partial charge in [0.25, 0.3) is 0 Å². The van der Waals surface area contributed by atoms with Crippen LogP contribution in [-0.2, 0) is 0 Å². The number of nitrogens with zero attached hydrogens (tertiary/aromatic N) is 1. The molecule has 2 heterocycles. The number of hydrogen-bond acceptors (Lipinski definition) is 5. The zero-order valence-corrected chi connectivity index (χ0v) is 13.8. The van der Waals surface area contributed by atoms with Gasteiger partial charge in [0.2, 0.25) is 0 Å².